The Kier molecular flexibility index (Phi) is 7.30. The van der Waals surface area contributed by atoms with Crippen molar-refractivity contribution in [2.24, 2.45) is 11.7 Å². The summed E-state index contributed by atoms with van der Waals surface area (Å²) in [5.41, 5.74) is 6.17. The fraction of sp³-hybridized carbons (Fsp3) is 0.789. The van der Waals surface area contributed by atoms with Gasteiger partial charge in [0.2, 0.25) is 12.1 Å². The Morgan fingerprint density at radius 1 is 1.25 bits per heavy atom. The van der Waals surface area contributed by atoms with Crippen LogP contribution in [0.5, 0.6) is 0 Å². The van der Waals surface area contributed by atoms with Crippen molar-refractivity contribution in [3.8, 4) is 0 Å². The quantitative estimate of drug-likeness (QED) is 0.331. The van der Waals surface area contributed by atoms with Crippen LogP contribution >= 0.6 is 0 Å². The van der Waals surface area contributed by atoms with E-state index in [2.05, 4.69) is 5.32 Å². The van der Waals surface area contributed by atoms with Crippen LogP contribution in [-0.2, 0) is 28.7 Å². The standard InChI is InChI=1S/C19H31N3O6/c1-5-9-21-16(23)14-15(28-14)18(25)22(17(24)13(20)11(3)6-2)10-7-8-12(22)19(26)27-4/h11-15H,5-10,20H2,1-4H3/p+1/t11-,12-,13-,14-,15-,22?/m0/s1. The predicted molar refractivity (Wildman–Crippen MR) is 99.6 cm³/mol. The van der Waals surface area contributed by atoms with Crippen LogP contribution in [0.2, 0.25) is 0 Å². The average molecular weight is 398 g/mol. The number of hydrogen-bond donors (Lipinski definition) is 2. The molecule has 158 valence electrons. The fourth-order valence-electron chi connectivity index (χ4n) is 3.82. The minimum atomic E-state index is -1.05. The van der Waals surface area contributed by atoms with E-state index >= 15 is 0 Å². The zero-order valence-corrected chi connectivity index (χ0v) is 17.1. The van der Waals surface area contributed by atoms with Crippen LogP contribution in [0.1, 0.15) is 46.5 Å². The second-order valence-corrected chi connectivity index (χ2v) is 7.63. The first-order valence-corrected chi connectivity index (χ1v) is 9.99. The summed E-state index contributed by atoms with van der Waals surface area (Å²) in [5, 5.41) is 2.68. The number of epoxide rings is 1. The summed E-state index contributed by atoms with van der Waals surface area (Å²) in [6.45, 7) is 6.29. The molecule has 3 amide bonds. The highest BCUT2D eigenvalue weighted by atomic mass is 16.6. The molecular formula is C19H32N3O6+. The van der Waals surface area contributed by atoms with Gasteiger partial charge in [-0.3, -0.25) is 4.79 Å². The summed E-state index contributed by atoms with van der Waals surface area (Å²) in [4.78, 5) is 51.3. The number of esters is 1. The Balaban J connectivity index is 2.32. The van der Waals surface area contributed by atoms with E-state index in [4.69, 9.17) is 15.2 Å². The molecule has 6 atom stereocenters. The van der Waals surface area contributed by atoms with E-state index in [1.807, 2.05) is 20.8 Å². The molecule has 0 aromatic heterocycles. The molecule has 3 N–H and O–H groups in total. The van der Waals surface area contributed by atoms with E-state index in [1.54, 1.807) is 0 Å². The highest BCUT2D eigenvalue weighted by molar-refractivity contribution is 5.98. The largest absolute Gasteiger partial charge is 0.465 e. The van der Waals surface area contributed by atoms with Gasteiger partial charge >= 0.3 is 17.8 Å². The smallest absolute Gasteiger partial charge is 0.365 e. The molecule has 0 aromatic carbocycles. The molecule has 2 aliphatic rings. The number of ether oxygens (including phenoxy) is 2. The normalized spacial score (nSPS) is 31.0. The number of carbonyl (C=O) groups is 4. The fourth-order valence-corrected chi connectivity index (χ4v) is 3.82. The number of imide groups is 1. The minimum Gasteiger partial charge on any atom is -0.465 e. The van der Waals surface area contributed by atoms with Gasteiger partial charge in [0, 0.05) is 19.4 Å². The molecule has 0 aliphatic carbocycles. The van der Waals surface area contributed by atoms with Crippen LogP contribution in [0.25, 0.3) is 0 Å². The maximum Gasteiger partial charge on any atom is 0.365 e. The molecule has 9 heteroatoms. The van der Waals surface area contributed by atoms with Crippen LogP contribution in [-0.4, -0.2) is 72.7 Å². The number of nitrogens with two attached hydrogens (primary N) is 1. The number of likely N-dealkylation sites (tertiary alicyclic amines) is 1. The van der Waals surface area contributed by atoms with Crippen molar-refractivity contribution in [1.82, 2.24) is 5.32 Å². The van der Waals surface area contributed by atoms with E-state index in [-0.39, 0.29) is 18.4 Å². The Morgan fingerprint density at radius 3 is 2.50 bits per heavy atom. The van der Waals surface area contributed by atoms with Gasteiger partial charge in [0.15, 0.2) is 6.10 Å². The highest BCUT2D eigenvalue weighted by Crippen LogP contribution is 2.37. The van der Waals surface area contributed by atoms with Gasteiger partial charge in [-0.2, -0.15) is 4.48 Å². The predicted octanol–water partition coefficient (Wildman–Crippen LogP) is -0.141. The lowest BCUT2D eigenvalue weighted by atomic mass is 9.96. The lowest BCUT2D eigenvalue weighted by Crippen LogP contribution is -2.68. The number of quaternary nitrogens is 1. The monoisotopic (exact) mass is 398 g/mol. The van der Waals surface area contributed by atoms with Gasteiger partial charge in [0.1, 0.15) is 6.04 Å². The van der Waals surface area contributed by atoms with Crippen molar-refractivity contribution in [2.45, 2.75) is 70.7 Å². The molecule has 2 heterocycles. The summed E-state index contributed by atoms with van der Waals surface area (Å²) in [5.74, 6) is -2.24. The van der Waals surface area contributed by atoms with E-state index in [0.29, 0.717) is 25.8 Å². The Labute approximate surface area is 165 Å². The summed E-state index contributed by atoms with van der Waals surface area (Å²) in [6.07, 6.45) is 0.284. The molecule has 9 nitrogen and oxygen atoms in total. The maximum atomic E-state index is 13.4. The van der Waals surface area contributed by atoms with E-state index in [0.717, 1.165) is 6.42 Å². The summed E-state index contributed by atoms with van der Waals surface area (Å²) in [7, 11) is 1.23. The number of methoxy groups -OCH3 is 1. The van der Waals surface area contributed by atoms with E-state index in [9.17, 15) is 19.2 Å². The minimum absolute atomic E-state index is 0.155. The summed E-state index contributed by atoms with van der Waals surface area (Å²) in [6, 6.07) is -1.85. The zero-order chi connectivity index (χ0) is 21.1. The van der Waals surface area contributed by atoms with E-state index < -0.39 is 46.6 Å². The van der Waals surface area contributed by atoms with Crippen molar-refractivity contribution >= 4 is 23.7 Å². The molecule has 0 aromatic rings. The number of nitrogens with zero attached hydrogens (tertiary/aromatic N) is 1. The third-order valence-corrected chi connectivity index (χ3v) is 5.87. The first kappa shape index (κ1) is 22.4. The van der Waals surface area contributed by atoms with Crippen LogP contribution in [0.4, 0.5) is 0 Å². The Hall–Kier alpha value is -1.84. The molecule has 2 aliphatic heterocycles. The molecule has 0 bridgehead atoms. The summed E-state index contributed by atoms with van der Waals surface area (Å²) >= 11 is 0. The second-order valence-electron chi connectivity index (χ2n) is 7.63. The molecule has 2 saturated heterocycles. The van der Waals surface area contributed by atoms with Gasteiger partial charge in [0.05, 0.1) is 13.7 Å². The third-order valence-electron chi connectivity index (χ3n) is 5.87. The molecule has 2 fully saturated rings. The number of carbonyl (C=O) groups excluding carboxylic acids is 4. The van der Waals surface area contributed by atoms with Gasteiger partial charge in [-0.05, 0) is 12.3 Å². The Bertz CT molecular complexity index is 639. The molecular weight excluding hydrogens is 366 g/mol. The van der Waals surface area contributed by atoms with Crippen LogP contribution < -0.4 is 11.1 Å². The molecule has 1 unspecified atom stereocenters. The number of rotatable bonds is 8. The van der Waals surface area contributed by atoms with Crippen LogP contribution in [0, 0.1) is 5.92 Å². The lowest BCUT2D eigenvalue weighted by molar-refractivity contribution is -0.784. The highest BCUT2D eigenvalue weighted by Gasteiger charge is 2.66. The van der Waals surface area contributed by atoms with Gasteiger partial charge in [0.25, 0.3) is 5.91 Å². The van der Waals surface area contributed by atoms with E-state index in [1.165, 1.54) is 7.11 Å². The lowest BCUT2D eigenvalue weighted by Gasteiger charge is -2.35. The van der Waals surface area contributed by atoms with Crippen LogP contribution in [0.3, 0.4) is 0 Å². The average Bonchev–Trinajstić information content (AvgIpc) is 3.39. The van der Waals surface area contributed by atoms with Crippen molar-refractivity contribution < 1.29 is 33.1 Å². The molecule has 2 rings (SSSR count). The SMILES string of the molecule is CCCNC(=O)[C@H]1O[C@@H]1C(=O)[N+]1(C(=O)[C@@H](N)[C@@H](C)CC)CCC[C@H]1C(=O)OC. The Morgan fingerprint density at radius 2 is 1.93 bits per heavy atom. The first-order chi connectivity index (χ1) is 13.3. The van der Waals surface area contributed by atoms with Crippen molar-refractivity contribution in [2.75, 3.05) is 20.2 Å². The van der Waals surface area contributed by atoms with Gasteiger partial charge in [-0.15, -0.1) is 0 Å². The van der Waals surface area contributed by atoms with Gasteiger partial charge < -0.3 is 20.5 Å². The number of hydrogen-bond acceptors (Lipinski definition) is 7. The van der Waals surface area contributed by atoms with Crippen molar-refractivity contribution in [3.05, 3.63) is 0 Å². The zero-order valence-electron chi connectivity index (χ0n) is 17.1. The third kappa shape index (κ3) is 3.97. The molecule has 0 saturated carbocycles. The number of nitrogens with one attached hydrogen (secondary N) is 1. The maximum absolute atomic E-state index is 13.4. The van der Waals surface area contributed by atoms with Gasteiger partial charge in [-0.1, -0.05) is 27.2 Å². The van der Waals surface area contributed by atoms with Gasteiger partial charge in [-0.25, -0.2) is 14.4 Å². The first-order valence-electron chi connectivity index (χ1n) is 9.99. The van der Waals surface area contributed by atoms with Crippen molar-refractivity contribution in [1.29, 1.82) is 0 Å². The summed E-state index contributed by atoms with van der Waals surface area (Å²) < 4.78 is 9.47. The topological polar surface area (TPSA) is 128 Å². The molecule has 28 heavy (non-hydrogen) atoms. The molecule has 0 radical (unpaired) electrons. The van der Waals surface area contributed by atoms with Crippen LogP contribution in [0.15, 0.2) is 0 Å². The molecule has 0 spiro atoms. The number of amides is 3. The second kappa shape index (κ2) is 9.11. The van der Waals surface area contributed by atoms with Crippen molar-refractivity contribution in [3.63, 3.8) is 0 Å².